The number of fused-ring (bicyclic) bond motifs is 3. The van der Waals surface area contributed by atoms with E-state index in [1.807, 2.05) is 36.4 Å². The third-order valence-corrected chi connectivity index (χ3v) is 6.44. The van der Waals surface area contributed by atoms with Crippen LogP contribution in [0.2, 0.25) is 5.02 Å². The highest BCUT2D eigenvalue weighted by Crippen LogP contribution is 2.39. The van der Waals surface area contributed by atoms with Gasteiger partial charge in [0.1, 0.15) is 6.04 Å². The Balaban J connectivity index is 1.42. The van der Waals surface area contributed by atoms with Gasteiger partial charge >= 0.3 is 0 Å². The van der Waals surface area contributed by atoms with Crippen LogP contribution in [-0.4, -0.2) is 29.5 Å². The molecule has 1 aliphatic rings. The lowest BCUT2D eigenvalue weighted by Crippen LogP contribution is -2.54. The molecule has 3 aromatic rings. The standard InChI is InChI=1S/C28H26ClN3O4/c1-17-21-7-3-4-8-22(21)23-9-5-6-10-24(23)32(28(17)36)31-27(35)18(2)30-26(34)16-15-25(33)19-11-13-20(29)14-12-19/h3-14,17-18H,15-16H2,1-2H3,(H,30,34)(H,31,35)/t17?,18-/m0/s1. The second-order valence-electron chi connectivity index (χ2n) is 8.70. The lowest BCUT2D eigenvalue weighted by atomic mass is 9.92. The lowest BCUT2D eigenvalue weighted by Gasteiger charge is -2.27. The van der Waals surface area contributed by atoms with Crippen molar-refractivity contribution in [1.82, 2.24) is 10.7 Å². The van der Waals surface area contributed by atoms with E-state index in [0.717, 1.165) is 16.7 Å². The average molecular weight is 504 g/mol. The average Bonchev–Trinajstić information content (AvgIpc) is 2.97. The van der Waals surface area contributed by atoms with Gasteiger partial charge in [-0.2, -0.15) is 0 Å². The number of hydrogen-bond donors (Lipinski definition) is 2. The van der Waals surface area contributed by atoms with E-state index >= 15 is 0 Å². The predicted octanol–water partition coefficient (Wildman–Crippen LogP) is 4.66. The molecule has 8 heteroatoms. The molecule has 0 spiro atoms. The first-order valence-corrected chi connectivity index (χ1v) is 12.0. The van der Waals surface area contributed by atoms with Crippen molar-refractivity contribution in [2.24, 2.45) is 0 Å². The van der Waals surface area contributed by atoms with Crippen LogP contribution >= 0.6 is 11.6 Å². The molecule has 1 aliphatic heterocycles. The zero-order chi connectivity index (χ0) is 25.8. The summed E-state index contributed by atoms with van der Waals surface area (Å²) < 4.78 is 0. The summed E-state index contributed by atoms with van der Waals surface area (Å²) in [7, 11) is 0. The summed E-state index contributed by atoms with van der Waals surface area (Å²) in [5, 5.41) is 4.39. The Kier molecular flexibility index (Phi) is 7.50. The number of hydrogen-bond acceptors (Lipinski definition) is 4. The zero-order valence-electron chi connectivity index (χ0n) is 20.0. The van der Waals surface area contributed by atoms with Gasteiger partial charge in [-0.3, -0.25) is 24.6 Å². The van der Waals surface area contributed by atoms with Gasteiger partial charge < -0.3 is 5.32 Å². The molecule has 0 radical (unpaired) electrons. The third kappa shape index (κ3) is 5.31. The number of amides is 3. The van der Waals surface area contributed by atoms with Gasteiger partial charge in [0, 0.05) is 29.0 Å². The molecule has 3 amide bonds. The maximum atomic E-state index is 13.4. The zero-order valence-corrected chi connectivity index (χ0v) is 20.7. The Hall–Kier alpha value is -3.97. The van der Waals surface area contributed by atoms with Crippen LogP contribution in [0, 0.1) is 0 Å². The smallest absolute Gasteiger partial charge is 0.261 e. The Morgan fingerprint density at radius 3 is 2.28 bits per heavy atom. The summed E-state index contributed by atoms with van der Waals surface area (Å²) in [6.45, 7) is 3.33. The number of Topliss-reactive ketones (excluding diaryl/α,β-unsaturated/α-hetero) is 1. The van der Waals surface area contributed by atoms with Gasteiger partial charge in [0.25, 0.3) is 11.8 Å². The number of hydrazine groups is 1. The maximum absolute atomic E-state index is 13.4. The molecule has 2 N–H and O–H groups in total. The molecule has 36 heavy (non-hydrogen) atoms. The molecule has 2 atom stereocenters. The molecule has 0 bridgehead atoms. The maximum Gasteiger partial charge on any atom is 0.261 e. The first-order valence-electron chi connectivity index (χ1n) is 11.7. The summed E-state index contributed by atoms with van der Waals surface area (Å²) >= 11 is 5.84. The molecule has 1 heterocycles. The van der Waals surface area contributed by atoms with Crippen LogP contribution in [-0.2, 0) is 14.4 Å². The van der Waals surface area contributed by atoms with Crippen molar-refractivity contribution in [1.29, 1.82) is 0 Å². The van der Waals surface area contributed by atoms with Gasteiger partial charge in [0.05, 0.1) is 11.6 Å². The number of nitrogens with zero attached hydrogens (tertiary/aromatic N) is 1. The second kappa shape index (κ2) is 10.7. The highest BCUT2D eigenvalue weighted by atomic mass is 35.5. The van der Waals surface area contributed by atoms with Crippen LogP contribution in [0.4, 0.5) is 5.69 Å². The number of carbonyl (C=O) groups is 4. The lowest BCUT2D eigenvalue weighted by molar-refractivity contribution is -0.130. The minimum Gasteiger partial charge on any atom is -0.345 e. The largest absolute Gasteiger partial charge is 0.345 e. The number of ketones is 1. The van der Waals surface area contributed by atoms with E-state index in [0.29, 0.717) is 16.3 Å². The summed E-state index contributed by atoms with van der Waals surface area (Å²) in [5.41, 5.74) is 6.33. The van der Waals surface area contributed by atoms with Crippen molar-refractivity contribution in [3.8, 4) is 11.1 Å². The quantitative estimate of drug-likeness (QED) is 0.458. The first-order chi connectivity index (χ1) is 17.3. The molecular weight excluding hydrogens is 478 g/mol. The Morgan fingerprint density at radius 1 is 0.917 bits per heavy atom. The molecular formula is C28H26ClN3O4. The number of halogens is 1. The number of rotatable bonds is 7. The summed E-state index contributed by atoms with van der Waals surface area (Å²) in [6, 6.07) is 20.5. The van der Waals surface area contributed by atoms with Gasteiger partial charge in [-0.25, -0.2) is 5.01 Å². The number of benzene rings is 3. The van der Waals surface area contributed by atoms with Crippen molar-refractivity contribution < 1.29 is 19.2 Å². The summed E-state index contributed by atoms with van der Waals surface area (Å²) in [5.74, 6) is -1.96. The number of anilines is 1. The monoisotopic (exact) mass is 503 g/mol. The molecule has 0 aliphatic carbocycles. The second-order valence-corrected chi connectivity index (χ2v) is 9.13. The topological polar surface area (TPSA) is 95.6 Å². The van der Waals surface area contributed by atoms with Crippen LogP contribution in [0.5, 0.6) is 0 Å². The Labute approximate surface area is 214 Å². The van der Waals surface area contributed by atoms with Crippen LogP contribution in [0.25, 0.3) is 11.1 Å². The fourth-order valence-corrected chi connectivity index (χ4v) is 4.30. The van der Waals surface area contributed by atoms with Crippen LogP contribution in [0.1, 0.15) is 48.5 Å². The molecule has 1 unspecified atom stereocenters. The molecule has 0 fully saturated rings. The van der Waals surface area contributed by atoms with E-state index in [9.17, 15) is 19.2 Å². The SMILES string of the molecule is CC1C(=O)N(NC(=O)[C@H](C)NC(=O)CCC(=O)c2ccc(Cl)cc2)c2ccccc2-c2ccccc21. The van der Waals surface area contributed by atoms with Crippen molar-refractivity contribution in [3.63, 3.8) is 0 Å². The van der Waals surface area contributed by atoms with Crippen LogP contribution in [0.3, 0.4) is 0 Å². The minimum absolute atomic E-state index is 0.00440. The Morgan fingerprint density at radius 2 is 1.56 bits per heavy atom. The summed E-state index contributed by atoms with van der Waals surface area (Å²) in [6.07, 6.45) is -0.0769. The number of para-hydroxylation sites is 1. The fourth-order valence-electron chi connectivity index (χ4n) is 4.17. The van der Waals surface area contributed by atoms with Gasteiger partial charge in [-0.05, 0) is 55.3 Å². The van der Waals surface area contributed by atoms with E-state index in [-0.39, 0.29) is 24.5 Å². The van der Waals surface area contributed by atoms with Crippen LogP contribution < -0.4 is 15.8 Å². The minimum atomic E-state index is -0.927. The van der Waals surface area contributed by atoms with Gasteiger partial charge in [0.15, 0.2) is 5.78 Å². The molecule has 4 rings (SSSR count). The normalized spacial score (nSPS) is 15.2. The summed E-state index contributed by atoms with van der Waals surface area (Å²) in [4.78, 5) is 51.1. The van der Waals surface area contributed by atoms with Gasteiger partial charge in [0.2, 0.25) is 5.91 Å². The predicted molar refractivity (Wildman–Crippen MR) is 139 cm³/mol. The molecule has 3 aromatic carbocycles. The van der Waals surface area contributed by atoms with Crippen molar-refractivity contribution in [3.05, 3.63) is 88.9 Å². The third-order valence-electron chi connectivity index (χ3n) is 6.19. The fraction of sp³-hybridized carbons (Fsp3) is 0.214. The number of nitrogens with one attached hydrogen (secondary N) is 2. The molecule has 184 valence electrons. The van der Waals surface area contributed by atoms with Crippen LogP contribution in [0.15, 0.2) is 72.8 Å². The molecule has 0 aromatic heterocycles. The van der Waals surface area contributed by atoms with E-state index in [2.05, 4.69) is 10.7 Å². The van der Waals surface area contributed by atoms with E-state index in [1.54, 1.807) is 43.3 Å². The van der Waals surface area contributed by atoms with Gasteiger partial charge in [-0.1, -0.05) is 54.1 Å². The molecule has 0 saturated carbocycles. The van der Waals surface area contributed by atoms with Crippen molar-refractivity contribution in [2.45, 2.75) is 38.6 Å². The Bertz CT molecular complexity index is 1320. The number of carbonyl (C=O) groups excluding carboxylic acids is 4. The van der Waals surface area contributed by atoms with Gasteiger partial charge in [-0.15, -0.1) is 0 Å². The van der Waals surface area contributed by atoms with Crippen molar-refractivity contribution >= 4 is 40.8 Å². The first kappa shape index (κ1) is 25.1. The van der Waals surface area contributed by atoms with E-state index < -0.39 is 23.8 Å². The molecule has 0 saturated heterocycles. The highest BCUT2D eigenvalue weighted by Gasteiger charge is 2.33. The molecule has 7 nitrogen and oxygen atoms in total. The van der Waals surface area contributed by atoms with E-state index in [1.165, 1.54) is 11.9 Å². The van der Waals surface area contributed by atoms with Crippen molar-refractivity contribution in [2.75, 3.05) is 5.01 Å². The highest BCUT2D eigenvalue weighted by molar-refractivity contribution is 6.30. The van der Waals surface area contributed by atoms with E-state index in [4.69, 9.17) is 11.6 Å².